The maximum absolute atomic E-state index is 12.3. The van der Waals surface area contributed by atoms with Crippen LogP contribution in [-0.2, 0) is 13.6 Å². The molecule has 0 bridgehead atoms. The van der Waals surface area contributed by atoms with Crippen molar-refractivity contribution in [2.45, 2.75) is 6.54 Å². The van der Waals surface area contributed by atoms with Crippen LogP contribution >= 0.6 is 15.9 Å². The number of nitrogen functional groups attached to an aromatic ring is 1. The summed E-state index contributed by atoms with van der Waals surface area (Å²) >= 11 is 3.41. The van der Waals surface area contributed by atoms with Gasteiger partial charge in [0.05, 0.1) is 12.7 Å². The molecule has 0 aliphatic heterocycles. The highest BCUT2D eigenvalue weighted by Gasteiger charge is 2.11. The quantitative estimate of drug-likeness (QED) is 0.703. The van der Waals surface area contributed by atoms with Gasteiger partial charge in [0.25, 0.3) is 5.56 Å². The van der Waals surface area contributed by atoms with Gasteiger partial charge in [-0.25, -0.2) is 9.36 Å². The van der Waals surface area contributed by atoms with Crippen LogP contribution in [0.15, 0.2) is 33.7 Å². The summed E-state index contributed by atoms with van der Waals surface area (Å²) in [5.74, 6) is 0. The van der Waals surface area contributed by atoms with Crippen molar-refractivity contribution < 1.29 is 0 Å². The Kier molecular flexibility index (Phi) is 3.01. The normalized spacial score (nSPS) is 11.1. The maximum atomic E-state index is 12.3. The number of benzene rings is 1. The average Bonchev–Trinajstić information content (AvgIpc) is 2.80. The molecule has 0 radical (unpaired) electrons. The number of halogens is 1. The van der Waals surface area contributed by atoms with Gasteiger partial charge in [0, 0.05) is 17.2 Å². The minimum atomic E-state index is -0.225. The first-order valence-corrected chi connectivity index (χ1v) is 6.65. The molecule has 0 spiro atoms. The second kappa shape index (κ2) is 4.71. The number of fused-ring (bicyclic) bond motifs is 1. The van der Waals surface area contributed by atoms with Crippen molar-refractivity contribution in [3.63, 3.8) is 0 Å². The van der Waals surface area contributed by atoms with Crippen LogP contribution in [0.5, 0.6) is 0 Å². The lowest BCUT2D eigenvalue weighted by atomic mass is 10.2. The molecular weight excluding hydrogens is 324 g/mol. The van der Waals surface area contributed by atoms with Gasteiger partial charge in [-0.3, -0.25) is 4.79 Å². The average molecular weight is 335 g/mol. The highest BCUT2D eigenvalue weighted by atomic mass is 79.9. The molecule has 2 N–H and O–H groups in total. The molecule has 0 saturated heterocycles. The van der Waals surface area contributed by atoms with E-state index in [1.165, 1.54) is 15.6 Å². The van der Waals surface area contributed by atoms with E-state index in [4.69, 9.17) is 5.73 Å². The summed E-state index contributed by atoms with van der Waals surface area (Å²) in [5, 5.41) is 12.4. The summed E-state index contributed by atoms with van der Waals surface area (Å²) in [7, 11) is 1.72. The number of anilines is 1. The van der Waals surface area contributed by atoms with Crippen molar-refractivity contribution in [2.75, 3.05) is 5.73 Å². The zero-order valence-electron chi connectivity index (χ0n) is 10.6. The molecule has 0 unspecified atom stereocenters. The zero-order valence-corrected chi connectivity index (χ0v) is 12.2. The monoisotopic (exact) mass is 334 g/mol. The second-order valence-electron chi connectivity index (χ2n) is 4.38. The number of aryl methyl sites for hydroxylation is 1. The van der Waals surface area contributed by atoms with E-state index >= 15 is 0 Å². The van der Waals surface area contributed by atoms with Crippen molar-refractivity contribution in [1.29, 1.82) is 0 Å². The summed E-state index contributed by atoms with van der Waals surface area (Å²) < 4.78 is 3.58. The number of hydrogen-bond donors (Lipinski definition) is 1. The summed E-state index contributed by atoms with van der Waals surface area (Å²) in [5.41, 5.74) is 7.55. The molecular formula is C12H11BrN6O. The van der Waals surface area contributed by atoms with E-state index in [0.29, 0.717) is 23.3 Å². The highest BCUT2D eigenvalue weighted by molar-refractivity contribution is 9.10. The molecule has 0 amide bonds. The van der Waals surface area contributed by atoms with Crippen molar-refractivity contribution in [3.8, 4) is 0 Å². The third-order valence-electron chi connectivity index (χ3n) is 3.05. The van der Waals surface area contributed by atoms with E-state index in [0.717, 1.165) is 10.0 Å². The number of rotatable bonds is 2. The molecule has 7 nitrogen and oxygen atoms in total. The van der Waals surface area contributed by atoms with Gasteiger partial charge in [-0.1, -0.05) is 17.3 Å². The van der Waals surface area contributed by atoms with Crippen LogP contribution in [0.25, 0.3) is 11.0 Å². The lowest BCUT2D eigenvalue weighted by molar-refractivity contribution is 0.594. The Bertz CT molecular complexity index is 853. The van der Waals surface area contributed by atoms with Gasteiger partial charge in [-0.05, 0) is 27.6 Å². The third-order valence-corrected chi connectivity index (χ3v) is 4.02. The van der Waals surface area contributed by atoms with Gasteiger partial charge in [0.15, 0.2) is 5.65 Å². The largest absolute Gasteiger partial charge is 0.398 e. The number of nitrogens with two attached hydrogens (primary N) is 1. The minimum absolute atomic E-state index is 0.225. The molecule has 102 valence electrons. The Labute approximate surface area is 122 Å². The molecule has 0 saturated carbocycles. The molecule has 3 rings (SSSR count). The Morgan fingerprint density at radius 1 is 1.40 bits per heavy atom. The van der Waals surface area contributed by atoms with E-state index in [1.54, 1.807) is 13.1 Å². The fourth-order valence-electron chi connectivity index (χ4n) is 1.96. The van der Waals surface area contributed by atoms with Crippen LogP contribution in [0.2, 0.25) is 0 Å². The molecule has 8 heteroatoms. The lowest BCUT2D eigenvalue weighted by Crippen LogP contribution is -2.25. The number of hydrogen-bond acceptors (Lipinski definition) is 5. The summed E-state index contributed by atoms with van der Waals surface area (Å²) in [6, 6.07) is 5.49. The van der Waals surface area contributed by atoms with E-state index in [2.05, 4.69) is 31.3 Å². The van der Waals surface area contributed by atoms with Crippen molar-refractivity contribution in [3.05, 3.63) is 44.8 Å². The van der Waals surface area contributed by atoms with Crippen molar-refractivity contribution in [1.82, 2.24) is 24.8 Å². The van der Waals surface area contributed by atoms with Crippen molar-refractivity contribution in [2.24, 2.45) is 7.05 Å². The first-order valence-electron chi connectivity index (χ1n) is 5.86. The second-order valence-corrected chi connectivity index (χ2v) is 5.17. The Morgan fingerprint density at radius 2 is 2.20 bits per heavy atom. The van der Waals surface area contributed by atoms with Crippen LogP contribution in [0, 0.1) is 0 Å². The van der Waals surface area contributed by atoms with Crippen LogP contribution in [0.4, 0.5) is 5.69 Å². The van der Waals surface area contributed by atoms with Gasteiger partial charge in [0.2, 0.25) is 0 Å². The molecule has 2 aromatic heterocycles. The Balaban J connectivity index is 2.09. The molecule has 2 heterocycles. The molecule has 20 heavy (non-hydrogen) atoms. The molecule has 0 fully saturated rings. The first kappa shape index (κ1) is 12.8. The molecule has 1 aromatic carbocycles. The van der Waals surface area contributed by atoms with Crippen molar-refractivity contribution >= 4 is 32.7 Å². The standard InChI is InChI=1S/C12H11BrN6O/c1-18-11-8(5-15-18)12(20)19(17-16-11)6-7-3-2-4-9(14)10(7)13/h2-5H,6,14H2,1H3. The third kappa shape index (κ3) is 1.97. The van der Waals surface area contributed by atoms with E-state index in [9.17, 15) is 4.79 Å². The Morgan fingerprint density at radius 3 is 3.00 bits per heavy atom. The van der Waals surface area contributed by atoms with Crippen LogP contribution in [0.3, 0.4) is 0 Å². The first-order chi connectivity index (χ1) is 9.58. The summed E-state index contributed by atoms with van der Waals surface area (Å²) in [6.45, 7) is 0.294. The maximum Gasteiger partial charge on any atom is 0.281 e. The number of nitrogens with zero attached hydrogens (tertiary/aromatic N) is 5. The highest BCUT2D eigenvalue weighted by Crippen LogP contribution is 2.23. The Hall–Kier alpha value is -2.22. The van der Waals surface area contributed by atoms with E-state index in [-0.39, 0.29) is 5.56 Å². The van der Waals surface area contributed by atoms with Gasteiger partial charge in [-0.15, -0.1) is 5.10 Å². The predicted octanol–water partition coefficient (Wildman–Crippen LogP) is 0.918. The molecule has 0 atom stereocenters. The van der Waals surface area contributed by atoms with Gasteiger partial charge < -0.3 is 5.73 Å². The molecule has 3 aromatic rings. The van der Waals surface area contributed by atoms with E-state index in [1.807, 2.05) is 12.1 Å². The zero-order chi connectivity index (χ0) is 14.3. The van der Waals surface area contributed by atoms with Gasteiger partial charge in [-0.2, -0.15) is 5.10 Å². The smallest absolute Gasteiger partial charge is 0.281 e. The topological polar surface area (TPSA) is 91.6 Å². The van der Waals surface area contributed by atoms with E-state index < -0.39 is 0 Å². The fraction of sp³-hybridized carbons (Fsp3) is 0.167. The number of aromatic nitrogens is 5. The summed E-state index contributed by atoms with van der Waals surface area (Å²) in [6.07, 6.45) is 1.50. The minimum Gasteiger partial charge on any atom is -0.398 e. The molecule has 0 aliphatic carbocycles. The lowest BCUT2D eigenvalue weighted by Gasteiger charge is -2.07. The fourth-order valence-corrected chi connectivity index (χ4v) is 2.35. The van der Waals surface area contributed by atoms with Crippen LogP contribution < -0.4 is 11.3 Å². The summed E-state index contributed by atoms with van der Waals surface area (Å²) in [4.78, 5) is 12.3. The van der Waals surface area contributed by atoms with Crippen LogP contribution in [0.1, 0.15) is 5.56 Å². The predicted molar refractivity (Wildman–Crippen MR) is 78.2 cm³/mol. The van der Waals surface area contributed by atoms with Crippen LogP contribution in [-0.4, -0.2) is 24.8 Å². The van der Waals surface area contributed by atoms with Gasteiger partial charge in [0.1, 0.15) is 5.39 Å². The SMILES string of the molecule is Cn1ncc2c(=O)n(Cc3cccc(N)c3Br)nnc21. The molecule has 0 aliphatic rings. The van der Waals surface area contributed by atoms with Gasteiger partial charge >= 0.3 is 0 Å².